The number of carbonyl (C=O) groups excluding carboxylic acids is 1. The van der Waals surface area contributed by atoms with Crippen molar-refractivity contribution < 1.29 is 14.3 Å². The van der Waals surface area contributed by atoms with Crippen LogP contribution in [0.2, 0.25) is 0 Å². The third-order valence-electron chi connectivity index (χ3n) is 2.53. The summed E-state index contributed by atoms with van der Waals surface area (Å²) in [6.45, 7) is 0.0701. The smallest absolute Gasteiger partial charge is 0.326 e. The van der Waals surface area contributed by atoms with Crippen molar-refractivity contribution in [2.75, 3.05) is 13.7 Å². The summed E-state index contributed by atoms with van der Waals surface area (Å²) >= 11 is 0. The number of nitrogens with zero attached hydrogens (tertiary/aromatic N) is 1. The van der Waals surface area contributed by atoms with Crippen molar-refractivity contribution in [3.63, 3.8) is 0 Å². The van der Waals surface area contributed by atoms with Crippen LogP contribution in [0.1, 0.15) is 0 Å². The van der Waals surface area contributed by atoms with Gasteiger partial charge in [0, 0.05) is 11.6 Å². The van der Waals surface area contributed by atoms with Gasteiger partial charge in [-0.05, 0) is 18.2 Å². The summed E-state index contributed by atoms with van der Waals surface area (Å²) in [4.78, 5) is 15.4. The lowest BCUT2D eigenvalue weighted by atomic mass is 10.2. The number of methoxy groups -OCH3 is 1. The minimum Gasteiger partial charge on any atom is -0.491 e. The van der Waals surface area contributed by atoms with Crippen LogP contribution < -0.4 is 10.5 Å². The Morgan fingerprint density at radius 1 is 1.39 bits per heavy atom. The molecular weight excluding hydrogens is 232 g/mol. The summed E-state index contributed by atoms with van der Waals surface area (Å²) in [5.74, 6) is 0.160. The number of aromatic nitrogens is 1. The molecule has 2 aromatic rings. The fourth-order valence-corrected chi connectivity index (χ4v) is 1.59. The molecule has 5 nitrogen and oxygen atoms in total. The molecule has 0 fully saturated rings. The molecule has 0 bridgehead atoms. The first kappa shape index (κ1) is 12.3. The molecule has 2 N–H and O–H groups in total. The van der Waals surface area contributed by atoms with E-state index in [1.807, 2.05) is 24.3 Å². The highest BCUT2D eigenvalue weighted by Crippen LogP contribution is 2.23. The van der Waals surface area contributed by atoms with Gasteiger partial charge in [0.2, 0.25) is 0 Å². The Morgan fingerprint density at radius 2 is 2.17 bits per heavy atom. The predicted molar refractivity (Wildman–Crippen MR) is 67.2 cm³/mol. The summed E-state index contributed by atoms with van der Waals surface area (Å²) in [5.41, 5.74) is 6.44. The number of nitrogens with two attached hydrogens (primary N) is 1. The maximum atomic E-state index is 11.2. The third kappa shape index (κ3) is 2.57. The number of hydrogen-bond donors (Lipinski definition) is 1. The molecule has 0 saturated heterocycles. The molecule has 1 atom stereocenters. The van der Waals surface area contributed by atoms with Gasteiger partial charge in [-0.2, -0.15) is 0 Å². The summed E-state index contributed by atoms with van der Waals surface area (Å²) in [6, 6.07) is 8.55. The van der Waals surface area contributed by atoms with E-state index in [9.17, 15) is 4.79 Å². The van der Waals surface area contributed by atoms with E-state index in [0.717, 1.165) is 10.9 Å². The lowest BCUT2D eigenvalue weighted by Gasteiger charge is -2.12. The summed E-state index contributed by atoms with van der Waals surface area (Å²) in [5, 5.41) is 0.886. The third-order valence-corrected chi connectivity index (χ3v) is 2.53. The van der Waals surface area contributed by atoms with Gasteiger partial charge < -0.3 is 15.2 Å². The highest BCUT2D eigenvalue weighted by molar-refractivity contribution is 5.84. The quantitative estimate of drug-likeness (QED) is 0.818. The van der Waals surface area contributed by atoms with Crippen LogP contribution in [0.25, 0.3) is 10.9 Å². The maximum absolute atomic E-state index is 11.2. The van der Waals surface area contributed by atoms with Crippen molar-refractivity contribution in [3.05, 3.63) is 36.5 Å². The van der Waals surface area contributed by atoms with Crippen LogP contribution in [0.4, 0.5) is 0 Å². The summed E-state index contributed by atoms with van der Waals surface area (Å²) in [7, 11) is 1.30. The second-order valence-electron chi connectivity index (χ2n) is 3.77. The van der Waals surface area contributed by atoms with Crippen molar-refractivity contribution in [2.45, 2.75) is 6.04 Å². The number of rotatable bonds is 4. The van der Waals surface area contributed by atoms with Gasteiger partial charge in [0.1, 0.15) is 18.4 Å². The Bertz CT molecular complexity index is 551. The van der Waals surface area contributed by atoms with Crippen LogP contribution in [-0.2, 0) is 9.53 Å². The maximum Gasteiger partial charge on any atom is 0.326 e. The Hall–Kier alpha value is -2.14. The van der Waals surface area contributed by atoms with Gasteiger partial charge in [0.25, 0.3) is 0 Å². The van der Waals surface area contributed by atoms with Gasteiger partial charge >= 0.3 is 5.97 Å². The van der Waals surface area contributed by atoms with Crippen molar-refractivity contribution in [2.24, 2.45) is 5.73 Å². The van der Waals surface area contributed by atoms with E-state index in [1.165, 1.54) is 7.11 Å². The molecule has 0 aliphatic carbocycles. The van der Waals surface area contributed by atoms with E-state index in [-0.39, 0.29) is 6.61 Å². The first-order valence-corrected chi connectivity index (χ1v) is 5.52. The predicted octanol–water partition coefficient (Wildman–Crippen LogP) is 1.11. The molecule has 5 heteroatoms. The number of para-hydroxylation sites is 1. The lowest BCUT2D eigenvalue weighted by Crippen LogP contribution is -2.37. The van der Waals surface area contributed by atoms with Gasteiger partial charge in [0.05, 0.1) is 12.6 Å². The van der Waals surface area contributed by atoms with Crippen molar-refractivity contribution in [1.29, 1.82) is 0 Å². The van der Waals surface area contributed by atoms with Crippen LogP contribution in [0, 0.1) is 0 Å². The second kappa shape index (κ2) is 5.46. The number of carbonyl (C=O) groups is 1. The zero-order valence-electron chi connectivity index (χ0n) is 10.00. The first-order chi connectivity index (χ1) is 8.72. The van der Waals surface area contributed by atoms with Gasteiger partial charge in [-0.1, -0.05) is 12.1 Å². The van der Waals surface area contributed by atoms with Crippen molar-refractivity contribution in [1.82, 2.24) is 4.98 Å². The van der Waals surface area contributed by atoms with Crippen LogP contribution in [0.5, 0.6) is 5.75 Å². The largest absolute Gasteiger partial charge is 0.491 e. The van der Waals surface area contributed by atoms with E-state index < -0.39 is 12.0 Å². The van der Waals surface area contributed by atoms with E-state index in [4.69, 9.17) is 10.5 Å². The molecule has 1 aromatic carbocycles. The molecule has 0 spiro atoms. The van der Waals surface area contributed by atoms with Gasteiger partial charge in [-0.3, -0.25) is 9.78 Å². The molecule has 1 aromatic heterocycles. The van der Waals surface area contributed by atoms with Crippen LogP contribution in [-0.4, -0.2) is 30.7 Å². The number of esters is 1. The number of ether oxygens (including phenoxy) is 2. The zero-order chi connectivity index (χ0) is 13.0. The Morgan fingerprint density at radius 3 is 2.94 bits per heavy atom. The Labute approximate surface area is 105 Å². The normalized spacial score (nSPS) is 12.1. The highest BCUT2D eigenvalue weighted by Gasteiger charge is 2.14. The molecular formula is C13H14N2O3. The van der Waals surface area contributed by atoms with Crippen molar-refractivity contribution in [3.8, 4) is 5.75 Å². The van der Waals surface area contributed by atoms with Gasteiger partial charge in [-0.15, -0.1) is 0 Å². The second-order valence-corrected chi connectivity index (χ2v) is 3.77. The SMILES string of the molecule is COC(=O)C(N)COc1ccnc2ccccc12. The molecule has 0 aliphatic rings. The van der Waals surface area contributed by atoms with Gasteiger partial charge in [0.15, 0.2) is 0 Å². The summed E-state index contributed by atoms with van der Waals surface area (Å²) in [6.07, 6.45) is 1.65. The minimum absolute atomic E-state index is 0.0701. The molecule has 2 rings (SSSR count). The molecule has 18 heavy (non-hydrogen) atoms. The summed E-state index contributed by atoms with van der Waals surface area (Å²) < 4.78 is 10.1. The average Bonchev–Trinajstić information content (AvgIpc) is 2.43. The van der Waals surface area contributed by atoms with E-state index in [0.29, 0.717) is 5.75 Å². The molecule has 0 amide bonds. The van der Waals surface area contributed by atoms with Crippen LogP contribution in [0.15, 0.2) is 36.5 Å². The monoisotopic (exact) mass is 246 g/mol. The Balaban J connectivity index is 2.15. The molecule has 0 saturated carbocycles. The molecule has 0 radical (unpaired) electrons. The van der Waals surface area contributed by atoms with E-state index in [2.05, 4.69) is 9.72 Å². The van der Waals surface area contributed by atoms with Gasteiger partial charge in [-0.25, -0.2) is 0 Å². The highest BCUT2D eigenvalue weighted by atomic mass is 16.5. The lowest BCUT2D eigenvalue weighted by molar-refractivity contribution is -0.142. The number of pyridine rings is 1. The van der Waals surface area contributed by atoms with Crippen LogP contribution >= 0.6 is 0 Å². The standard InChI is InChI=1S/C13H14N2O3/c1-17-13(16)10(14)8-18-12-6-7-15-11-5-3-2-4-9(11)12/h2-7,10H,8,14H2,1H3. The fraction of sp³-hybridized carbons (Fsp3) is 0.231. The zero-order valence-corrected chi connectivity index (χ0v) is 10.00. The van der Waals surface area contributed by atoms with E-state index >= 15 is 0 Å². The fourth-order valence-electron chi connectivity index (χ4n) is 1.59. The van der Waals surface area contributed by atoms with Crippen LogP contribution in [0.3, 0.4) is 0 Å². The number of benzene rings is 1. The van der Waals surface area contributed by atoms with Crippen molar-refractivity contribution >= 4 is 16.9 Å². The molecule has 1 unspecified atom stereocenters. The topological polar surface area (TPSA) is 74.4 Å². The van der Waals surface area contributed by atoms with E-state index in [1.54, 1.807) is 12.3 Å². The average molecular weight is 246 g/mol. The molecule has 0 aliphatic heterocycles. The first-order valence-electron chi connectivity index (χ1n) is 5.52. The Kier molecular flexibility index (Phi) is 3.74. The minimum atomic E-state index is -0.790. The molecule has 94 valence electrons. The number of hydrogen-bond acceptors (Lipinski definition) is 5. The number of fused-ring (bicyclic) bond motifs is 1. The molecule has 1 heterocycles.